The second kappa shape index (κ2) is 27.1. The molecule has 636 valence electrons. The van der Waals surface area contributed by atoms with Gasteiger partial charge < -0.3 is 22.3 Å². The third kappa shape index (κ3) is 9.70. The summed E-state index contributed by atoms with van der Waals surface area (Å²) in [7, 11) is 0. The number of hydrogen-bond donors (Lipinski definition) is 0. The van der Waals surface area contributed by atoms with Crippen LogP contribution in [0.2, 0.25) is 0 Å². The van der Waals surface area contributed by atoms with Gasteiger partial charge in [-0.25, -0.2) is 9.97 Å². The first-order valence-corrected chi connectivity index (χ1v) is 48.0. The van der Waals surface area contributed by atoms with Crippen LogP contribution in [0, 0.1) is 0 Å². The number of hydrogen-bond acceptors (Lipinski definition) is 2. The van der Waals surface area contributed by atoms with Gasteiger partial charge in [0.05, 0.1) is 82.9 Å². The lowest BCUT2D eigenvalue weighted by Crippen LogP contribution is -2.14. The zero-order chi connectivity index (χ0) is 89.9. The zero-order valence-corrected chi connectivity index (χ0v) is 75.1. The van der Waals surface area contributed by atoms with Crippen molar-refractivity contribution in [3.8, 4) is 67.4 Å². The van der Waals surface area contributed by atoms with E-state index in [4.69, 9.17) is 9.97 Å². The molecule has 0 atom stereocenters. The highest BCUT2D eigenvalue weighted by Gasteiger charge is 2.37. The number of nitrogens with zero attached hydrogens (tertiary/aromatic N) is 7. The highest BCUT2D eigenvalue weighted by atomic mass is 15.0. The Morgan fingerprint density at radius 3 is 1.15 bits per heavy atom. The van der Waals surface area contributed by atoms with Crippen LogP contribution in [-0.4, -0.2) is 32.3 Å². The maximum absolute atomic E-state index is 5.40. The van der Waals surface area contributed by atoms with Gasteiger partial charge in [0.25, 0.3) is 0 Å². The molecule has 0 N–H and O–H groups in total. The van der Waals surface area contributed by atoms with Gasteiger partial charge in [-0.1, -0.05) is 335 Å². The van der Waals surface area contributed by atoms with Gasteiger partial charge in [0.1, 0.15) is 0 Å². The molecule has 9 heterocycles. The van der Waals surface area contributed by atoms with Crippen LogP contribution in [-0.2, 0) is 5.41 Å². The predicted molar refractivity (Wildman–Crippen MR) is 583 cm³/mol. The molecule has 1 aliphatic rings. The van der Waals surface area contributed by atoms with E-state index in [1.54, 1.807) is 0 Å². The summed E-state index contributed by atoms with van der Waals surface area (Å²) in [4.78, 5) is 10.8. The number of rotatable bonds is 6. The normalized spacial score (nSPS) is 13.1. The molecule has 0 aliphatic heterocycles. The van der Waals surface area contributed by atoms with Crippen molar-refractivity contribution < 1.29 is 0 Å². The molecule has 0 bridgehead atoms. The Balaban J connectivity index is 0.0000000948. The largest absolute Gasteiger partial charge is 0.309 e. The van der Waals surface area contributed by atoms with Crippen molar-refractivity contribution in [3.05, 3.63) is 442 Å². The van der Waals surface area contributed by atoms with Crippen molar-refractivity contribution in [2.24, 2.45) is 0 Å². The zero-order valence-electron chi connectivity index (χ0n) is 75.1. The fourth-order valence-electron chi connectivity index (χ4n) is 25.9. The van der Waals surface area contributed by atoms with Crippen LogP contribution in [0.3, 0.4) is 0 Å². The molecule has 0 fully saturated rings. The highest BCUT2D eigenvalue weighted by Crippen LogP contribution is 2.56. The molecule has 0 spiro atoms. The first kappa shape index (κ1) is 74.5. The summed E-state index contributed by atoms with van der Waals surface area (Å²) in [5.74, 6) is 0.735. The van der Waals surface area contributed by atoms with E-state index in [1.807, 2.05) is 0 Å². The van der Waals surface area contributed by atoms with E-state index in [2.05, 4.69) is 467 Å². The summed E-state index contributed by atoms with van der Waals surface area (Å²) in [5.41, 5.74) is 33.2. The molecule has 0 saturated heterocycles. The molecular weight excluding hydrogens is 1670 g/mol. The van der Waals surface area contributed by atoms with Crippen LogP contribution in [0.5, 0.6) is 0 Å². The van der Waals surface area contributed by atoms with Gasteiger partial charge in [-0.3, -0.25) is 0 Å². The smallest absolute Gasteiger partial charge is 0.162 e. The molecule has 0 saturated carbocycles. The second-order valence-electron chi connectivity index (χ2n) is 38.7. The lowest BCUT2D eigenvalue weighted by Gasteiger charge is -2.21. The van der Waals surface area contributed by atoms with E-state index >= 15 is 0 Å². The standard InChI is InChI=1S/C48H27N3.C44H25N3.C39H25N/c1-2-11-28(12-3-1)49-38-18-8-6-15-35(38)45-42(49)25-26-43-46(45)36-16-7-9-19-39(36)50(43)29-21-24-40-37(27-29)34-23-22-33-31-14-5-4-13-30(31)32-17-10-20-41-44(32)47(33)48(34)51(40)41;1-3-11-26(12-4-1)28-19-20-35-37(25-28)45-44(46-41(35)27-13-5-2-6-14-27)36-24-22-33-30-16-8-7-15-29(30)32-21-23-34-31-17-9-10-18-38(31)47-42(34)39(32)40(33)43(36)47;1-39(2)32-12-6-5-10-26(32)30-20-22(14-18-33(30)39)23-15-19-34-31(21-23)29-17-16-28-25-9-4-3-8-24(25)27-11-7-13-35-36(27)37(28)38(29)40(34)35/h1-27H;1-25H;3-21H,1-2H3. The SMILES string of the molecule is CC1(C)c2ccccc2-c2cc(-c3ccc4c(c3)c3ccc5c6ccccc6c6cccc7c6c5c3n47)ccc21.c1ccc(-c2ccc3c(-c4ccccc4)nc(-c4ccc5c6ccccc6c6ccc7c8ccccc8n8c4c5c6c78)nc3c2)cc1.c1ccc(-n2c3ccccc3c3c4c5ccccc5n(-c5ccc6c(c5)c5ccc7c8ccccc8c8cccc9c8c7c5n69)c4ccc32)cc1. The molecule has 9 aromatic heterocycles. The molecule has 7 nitrogen and oxygen atoms in total. The molecule has 0 radical (unpaired) electrons. The van der Waals surface area contributed by atoms with Gasteiger partial charge >= 0.3 is 0 Å². The van der Waals surface area contributed by atoms with E-state index in [0.29, 0.717) is 0 Å². The van der Waals surface area contributed by atoms with Crippen LogP contribution in [0.25, 0.3) is 301 Å². The highest BCUT2D eigenvalue weighted by molar-refractivity contribution is 6.43. The lowest BCUT2D eigenvalue weighted by molar-refractivity contribution is 0.660. The Morgan fingerprint density at radius 2 is 0.558 bits per heavy atom. The topological polar surface area (TPSA) is 48.9 Å². The van der Waals surface area contributed by atoms with Gasteiger partial charge in [-0.05, 0) is 218 Å². The summed E-state index contributed by atoms with van der Waals surface area (Å²) in [6, 6.07) is 159. The van der Waals surface area contributed by atoms with Gasteiger partial charge in [0.15, 0.2) is 5.82 Å². The Bertz CT molecular complexity index is 11000. The molecule has 138 heavy (non-hydrogen) atoms. The monoisotopic (exact) mass is 1750 g/mol. The minimum atomic E-state index is 0.0305. The number of para-hydroxylation sites is 4. The number of benzene rings is 24. The lowest BCUT2D eigenvalue weighted by atomic mass is 9.82. The van der Waals surface area contributed by atoms with Crippen molar-refractivity contribution in [3.63, 3.8) is 0 Å². The van der Waals surface area contributed by atoms with Crippen LogP contribution in [0.15, 0.2) is 431 Å². The molecular formula is C131H77N7. The van der Waals surface area contributed by atoms with Gasteiger partial charge in [-0.15, -0.1) is 0 Å². The average molecular weight is 1750 g/mol. The Morgan fingerprint density at radius 1 is 0.181 bits per heavy atom. The van der Waals surface area contributed by atoms with E-state index < -0.39 is 0 Å². The predicted octanol–water partition coefficient (Wildman–Crippen LogP) is 34.9. The molecule has 34 rings (SSSR count). The maximum atomic E-state index is 5.40. The van der Waals surface area contributed by atoms with Gasteiger partial charge in [-0.2, -0.15) is 0 Å². The van der Waals surface area contributed by atoms with Crippen molar-refractivity contribution in [1.82, 2.24) is 32.3 Å². The fraction of sp³-hybridized carbons (Fsp3) is 0.0229. The number of fused-ring (bicyclic) bond motifs is 32. The van der Waals surface area contributed by atoms with Crippen molar-refractivity contribution in [2.75, 3.05) is 0 Å². The molecule has 0 amide bonds. The first-order chi connectivity index (χ1) is 68.3. The maximum Gasteiger partial charge on any atom is 0.162 e. The minimum Gasteiger partial charge on any atom is -0.309 e. The van der Waals surface area contributed by atoms with Crippen molar-refractivity contribution >= 4 is 233 Å². The van der Waals surface area contributed by atoms with E-state index in [0.717, 1.165) is 39.1 Å². The summed E-state index contributed by atoms with van der Waals surface area (Å²) < 4.78 is 12.4. The third-order valence-corrected chi connectivity index (χ3v) is 31.7. The third-order valence-electron chi connectivity index (χ3n) is 31.7. The summed E-state index contributed by atoms with van der Waals surface area (Å²) >= 11 is 0. The van der Waals surface area contributed by atoms with Gasteiger partial charge in [0.2, 0.25) is 0 Å². The molecule has 1 aliphatic carbocycles. The van der Waals surface area contributed by atoms with Crippen LogP contribution in [0.1, 0.15) is 25.0 Å². The van der Waals surface area contributed by atoms with Crippen molar-refractivity contribution in [2.45, 2.75) is 19.3 Å². The Kier molecular flexibility index (Phi) is 14.7. The first-order valence-electron chi connectivity index (χ1n) is 48.0. The molecule has 33 aromatic rings. The Hall–Kier alpha value is -18.0. The van der Waals surface area contributed by atoms with E-state index in [1.165, 1.54) is 273 Å². The molecule has 7 heteroatoms. The minimum absolute atomic E-state index is 0.0305. The van der Waals surface area contributed by atoms with Crippen LogP contribution < -0.4 is 0 Å². The van der Waals surface area contributed by atoms with Crippen LogP contribution >= 0.6 is 0 Å². The van der Waals surface area contributed by atoms with Gasteiger partial charge in [0, 0.05) is 119 Å². The van der Waals surface area contributed by atoms with Crippen molar-refractivity contribution in [1.29, 1.82) is 0 Å². The van der Waals surface area contributed by atoms with E-state index in [-0.39, 0.29) is 5.41 Å². The van der Waals surface area contributed by atoms with E-state index in [9.17, 15) is 0 Å². The number of aromatic nitrogens is 7. The summed E-state index contributed by atoms with van der Waals surface area (Å²) in [6.07, 6.45) is 0. The summed E-state index contributed by atoms with van der Waals surface area (Å²) in [6.45, 7) is 4.69. The second-order valence-corrected chi connectivity index (χ2v) is 38.7. The quantitative estimate of drug-likeness (QED) is 0.156. The van der Waals surface area contributed by atoms with Crippen LogP contribution in [0.4, 0.5) is 0 Å². The molecule has 0 unspecified atom stereocenters. The average Bonchev–Trinajstić information content (AvgIpc) is 1.52. The summed E-state index contributed by atoms with van der Waals surface area (Å²) in [5, 5.41) is 37.9. The fourth-order valence-corrected chi connectivity index (χ4v) is 25.9. The molecule has 24 aromatic carbocycles. The Labute approximate surface area is 788 Å².